The maximum atomic E-state index is 12.1. The molecule has 21 heavy (non-hydrogen) atoms. The van der Waals surface area contributed by atoms with Gasteiger partial charge in [-0.1, -0.05) is 18.2 Å². The summed E-state index contributed by atoms with van der Waals surface area (Å²) in [6, 6.07) is 9.49. The Labute approximate surface area is 128 Å². The lowest BCUT2D eigenvalue weighted by Crippen LogP contribution is -2.42. The average Bonchev–Trinajstić information content (AvgIpc) is 2.96. The Morgan fingerprint density at radius 3 is 2.95 bits per heavy atom. The number of halogens is 1. The number of fused-ring (bicyclic) bond motifs is 1. The molecule has 0 radical (unpaired) electrons. The molecule has 3 rings (SSSR count). The minimum atomic E-state index is -0.165. The summed E-state index contributed by atoms with van der Waals surface area (Å²) in [5.74, 6) is 1.33. The van der Waals surface area contributed by atoms with Gasteiger partial charge in [0.1, 0.15) is 24.4 Å². The third-order valence-corrected chi connectivity index (χ3v) is 3.33. The number of nitrogens with two attached hydrogens (primary N) is 1. The van der Waals surface area contributed by atoms with E-state index in [0.717, 1.165) is 17.7 Å². The smallest absolute Gasteiger partial charge is 0.254 e. The zero-order chi connectivity index (χ0) is 13.9. The van der Waals surface area contributed by atoms with Crippen LogP contribution in [0.25, 0.3) is 0 Å². The van der Waals surface area contributed by atoms with E-state index in [0.29, 0.717) is 17.9 Å². The zero-order valence-electron chi connectivity index (χ0n) is 11.4. The number of carbonyl (C=O) groups is 1. The van der Waals surface area contributed by atoms with E-state index in [1.165, 1.54) is 6.26 Å². The number of rotatable bonds is 3. The van der Waals surface area contributed by atoms with Crippen molar-refractivity contribution < 1.29 is 13.9 Å². The summed E-state index contributed by atoms with van der Waals surface area (Å²) >= 11 is 0. The van der Waals surface area contributed by atoms with Crippen LogP contribution in [0.5, 0.6) is 5.75 Å². The second kappa shape index (κ2) is 6.65. The summed E-state index contributed by atoms with van der Waals surface area (Å²) in [6.45, 7) is 0.761. The molecule has 0 saturated carbocycles. The molecule has 1 amide bonds. The molecular weight excluding hydrogens is 292 g/mol. The first kappa shape index (κ1) is 15.4. The van der Waals surface area contributed by atoms with E-state index in [1.807, 2.05) is 24.3 Å². The van der Waals surface area contributed by atoms with Gasteiger partial charge in [0, 0.05) is 0 Å². The molecule has 0 spiro atoms. The lowest BCUT2D eigenvalue weighted by atomic mass is 10.0. The number of carbonyl (C=O) groups excluding carboxylic acids is 1. The van der Waals surface area contributed by atoms with Crippen LogP contribution in [0.1, 0.15) is 21.7 Å². The first-order chi connectivity index (χ1) is 9.76. The normalized spacial score (nSPS) is 16.3. The van der Waals surface area contributed by atoms with Gasteiger partial charge in [-0.3, -0.25) is 4.79 Å². The van der Waals surface area contributed by atoms with Gasteiger partial charge >= 0.3 is 0 Å². The topological polar surface area (TPSA) is 77.5 Å². The SMILES string of the molecule is Cl.NCc1cc(C(=O)NC2COc3ccccc3C2)co1. The standard InChI is InChI=1S/C15H16N2O3.ClH/c16-7-13-6-11(8-19-13)15(18)17-12-5-10-3-1-2-4-14(10)20-9-12;/h1-4,6,8,12H,5,7,9,16H2,(H,17,18);1H. The van der Waals surface area contributed by atoms with E-state index < -0.39 is 0 Å². The Morgan fingerprint density at radius 2 is 2.19 bits per heavy atom. The van der Waals surface area contributed by atoms with Gasteiger partial charge < -0.3 is 20.2 Å². The van der Waals surface area contributed by atoms with Gasteiger partial charge in [0.2, 0.25) is 0 Å². The molecular formula is C15H17ClN2O3. The van der Waals surface area contributed by atoms with Gasteiger partial charge in [-0.05, 0) is 24.1 Å². The second-order valence-electron chi connectivity index (χ2n) is 4.80. The maximum absolute atomic E-state index is 12.1. The second-order valence-corrected chi connectivity index (χ2v) is 4.80. The molecule has 1 atom stereocenters. The fraction of sp³-hybridized carbons (Fsp3) is 0.267. The summed E-state index contributed by atoms with van der Waals surface area (Å²) in [5, 5.41) is 2.95. The first-order valence-electron chi connectivity index (χ1n) is 6.55. The fourth-order valence-electron chi connectivity index (χ4n) is 2.30. The monoisotopic (exact) mass is 308 g/mol. The number of nitrogens with one attached hydrogen (secondary N) is 1. The van der Waals surface area contributed by atoms with Gasteiger partial charge in [0.15, 0.2) is 0 Å². The lowest BCUT2D eigenvalue weighted by molar-refractivity contribution is 0.0915. The molecule has 1 unspecified atom stereocenters. The number of hydrogen-bond donors (Lipinski definition) is 2. The van der Waals surface area contributed by atoms with Crippen LogP contribution in [0.15, 0.2) is 41.0 Å². The summed E-state index contributed by atoms with van der Waals surface area (Å²) < 4.78 is 10.8. The molecule has 1 aromatic carbocycles. The van der Waals surface area contributed by atoms with E-state index in [1.54, 1.807) is 6.07 Å². The number of ether oxygens (including phenoxy) is 1. The van der Waals surface area contributed by atoms with Crippen molar-refractivity contribution in [2.75, 3.05) is 6.61 Å². The molecule has 6 heteroatoms. The van der Waals surface area contributed by atoms with Crippen molar-refractivity contribution in [2.24, 2.45) is 5.73 Å². The van der Waals surface area contributed by atoms with Crippen molar-refractivity contribution >= 4 is 18.3 Å². The molecule has 3 N–H and O–H groups in total. The number of hydrogen-bond acceptors (Lipinski definition) is 4. The third-order valence-electron chi connectivity index (χ3n) is 3.33. The molecule has 2 aromatic rings. The first-order valence-corrected chi connectivity index (χ1v) is 6.55. The van der Waals surface area contributed by atoms with Crippen LogP contribution in [-0.2, 0) is 13.0 Å². The number of para-hydroxylation sites is 1. The molecule has 0 fully saturated rings. The summed E-state index contributed by atoms with van der Waals surface area (Å²) in [4.78, 5) is 12.1. The third kappa shape index (κ3) is 3.37. The molecule has 0 bridgehead atoms. The van der Waals surface area contributed by atoms with Crippen LogP contribution < -0.4 is 15.8 Å². The van der Waals surface area contributed by atoms with E-state index in [9.17, 15) is 4.79 Å². The van der Waals surface area contributed by atoms with Gasteiger partial charge in [0.05, 0.1) is 18.2 Å². The Bertz CT molecular complexity index is 627. The Kier molecular flexibility index (Phi) is 4.88. The average molecular weight is 309 g/mol. The molecule has 0 saturated heterocycles. The lowest BCUT2D eigenvalue weighted by Gasteiger charge is -2.25. The highest BCUT2D eigenvalue weighted by Crippen LogP contribution is 2.24. The number of amides is 1. The van der Waals surface area contributed by atoms with Crippen molar-refractivity contribution in [1.29, 1.82) is 0 Å². The van der Waals surface area contributed by atoms with Gasteiger partial charge in [-0.15, -0.1) is 12.4 Å². The van der Waals surface area contributed by atoms with Crippen LogP contribution in [0.2, 0.25) is 0 Å². The quantitative estimate of drug-likeness (QED) is 0.908. The molecule has 2 heterocycles. The Hall–Kier alpha value is -1.98. The number of benzene rings is 1. The minimum absolute atomic E-state index is 0. The Morgan fingerprint density at radius 1 is 1.38 bits per heavy atom. The highest BCUT2D eigenvalue weighted by atomic mass is 35.5. The van der Waals surface area contributed by atoms with Crippen LogP contribution in [0.3, 0.4) is 0 Å². The van der Waals surface area contributed by atoms with Crippen LogP contribution in [0, 0.1) is 0 Å². The predicted molar refractivity (Wildman–Crippen MR) is 80.7 cm³/mol. The van der Waals surface area contributed by atoms with Crippen molar-refractivity contribution in [2.45, 2.75) is 19.0 Å². The largest absolute Gasteiger partial charge is 0.491 e. The number of furan rings is 1. The summed E-state index contributed by atoms with van der Waals surface area (Å²) in [5.41, 5.74) is 7.06. The van der Waals surface area contributed by atoms with Crippen molar-refractivity contribution in [3.05, 3.63) is 53.5 Å². The van der Waals surface area contributed by atoms with Gasteiger partial charge in [0.25, 0.3) is 5.91 Å². The van der Waals surface area contributed by atoms with Crippen LogP contribution in [0.4, 0.5) is 0 Å². The predicted octanol–water partition coefficient (Wildman–Crippen LogP) is 1.89. The van der Waals surface area contributed by atoms with Crippen LogP contribution in [-0.4, -0.2) is 18.6 Å². The molecule has 0 aliphatic carbocycles. The molecule has 1 aliphatic rings. The highest BCUT2D eigenvalue weighted by Gasteiger charge is 2.22. The highest BCUT2D eigenvalue weighted by molar-refractivity contribution is 5.94. The summed E-state index contributed by atoms with van der Waals surface area (Å²) in [6.07, 6.45) is 2.19. The van der Waals surface area contributed by atoms with E-state index >= 15 is 0 Å². The summed E-state index contributed by atoms with van der Waals surface area (Å²) in [7, 11) is 0. The molecule has 112 valence electrons. The van der Waals surface area contributed by atoms with E-state index in [-0.39, 0.29) is 30.9 Å². The van der Waals surface area contributed by atoms with Crippen molar-refractivity contribution in [3.8, 4) is 5.75 Å². The fourth-order valence-corrected chi connectivity index (χ4v) is 2.30. The Balaban J connectivity index is 0.00000161. The van der Waals surface area contributed by atoms with Crippen molar-refractivity contribution in [1.82, 2.24) is 5.32 Å². The van der Waals surface area contributed by atoms with E-state index in [2.05, 4.69) is 5.32 Å². The van der Waals surface area contributed by atoms with E-state index in [4.69, 9.17) is 14.9 Å². The van der Waals surface area contributed by atoms with Gasteiger partial charge in [-0.25, -0.2) is 0 Å². The maximum Gasteiger partial charge on any atom is 0.254 e. The molecule has 5 nitrogen and oxygen atoms in total. The molecule has 1 aliphatic heterocycles. The van der Waals surface area contributed by atoms with Crippen molar-refractivity contribution in [3.63, 3.8) is 0 Å². The molecule has 1 aromatic heterocycles. The minimum Gasteiger partial charge on any atom is -0.491 e. The zero-order valence-corrected chi connectivity index (χ0v) is 12.2. The van der Waals surface area contributed by atoms with Crippen LogP contribution >= 0.6 is 12.4 Å². The van der Waals surface area contributed by atoms with Gasteiger partial charge in [-0.2, -0.15) is 0 Å².